The standard InChI is InChI=1S/C14H26N2O/c1-2-14(8-4-5-9-14)13(17)16-11-12-7-3-6-10-15-12/h12,15H,2-11H2,1H3,(H,16,17). The minimum atomic E-state index is -0.0331. The highest BCUT2D eigenvalue weighted by Gasteiger charge is 2.39. The van der Waals surface area contributed by atoms with Gasteiger partial charge in [-0.1, -0.05) is 26.2 Å². The lowest BCUT2D eigenvalue weighted by molar-refractivity contribution is -0.131. The third kappa shape index (κ3) is 3.01. The second kappa shape index (κ2) is 5.85. The summed E-state index contributed by atoms with van der Waals surface area (Å²) in [6.07, 6.45) is 9.42. The number of hydrogen-bond donors (Lipinski definition) is 2. The van der Waals surface area contributed by atoms with E-state index in [2.05, 4.69) is 17.6 Å². The van der Waals surface area contributed by atoms with Crippen molar-refractivity contribution in [1.82, 2.24) is 10.6 Å². The Hall–Kier alpha value is -0.570. The van der Waals surface area contributed by atoms with E-state index in [-0.39, 0.29) is 5.41 Å². The highest BCUT2D eigenvalue weighted by molar-refractivity contribution is 5.82. The molecule has 1 amide bonds. The Kier molecular flexibility index (Phi) is 4.43. The van der Waals surface area contributed by atoms with Crippen molar-refractivity contribution in [3.63, 3.8) is 0 Å². The van der Waals surface area contributed by atoms with Crippen molar-refractivity contribution < 1.29 is 4.79 Å². The summed E-state index contributed by atoms with van der Waals surface area (Å²) < 4.78 is 0. The van der Waals surface area contributed by atoms with Crippen molar-refractivity contribution in [2.45, 2.75) is 64.3 Å². The third-order valence-electron chi connectivity index (χ3n) is 4.64. The molecule has 2 rings (SSSR count). The predicted molar refractivity (Wildman–Crippen MR) is 69.8 cm³/mol. The first-order valence-corrected chi connectivity index (χ1v) is 7.28. The molecule has 0 aromatic rings. The summed E-state index contributed by atoms with van der Waals surface area (Å²) in [6, 6.07) is 0.503. The van der Waals surface area contributed by atoms with Gasteiger partial charge in [0, 0.05) is 18.0 Å². The van der Waals surface area contributed by atoms with E-state index in [0.29, 0.717) is 11.9 Å². The Morgan fingerprint density at radius 1 is 1.29 bits per heavy atom. The summed E-state index contributed by atoms with van der Waals surface area (Å²) in [5.41, 5.74) is -0.0331. The highest BCUT2D eigenvalue weighted by atomic mass is 16.2. The van der Waals surface area contributed by atoms with Crippen LogP contribution in [0.2, 0.25) is 0 Å². The maximum atomic E-state index is 12.3. The summed E-state index contributed by atoms with van der Waals surface area (Å²) >= 11 is 0. The molecule has 98 valence electrons. The zero-order chi connectivity index (χ0) is 12.1. The molecular weight excluding hydrogens is 212 g/mol. The van der Waals surface area contributed by atoms with Gasteiger partial charge < -0.3 is 10.6 Å². The second-order valence-corrected chi connectivity index (χ2v) is 5.70. The van der Waals surface area contributed by atoms with Crippen LogP contribution in [0.25, 0.3) is 0 Å². The number of carbonyl (C=O) groups is 1. The molecule has 1 heterocycles. The molecule has 1 saturated carbocycles. The summed E-state index contributed by atoms with van der Waals surface area (Å²) in [5.74, 6) is 0.310. The molecule has 2 N–H and O–H groups in total. The molecule has 1 aliphatic heterocycles. The predicted octanol–water partition coefficient (Wildman–Crippen LogP) is 2.22. The molecule has 2 aliphatic rings. The first-order valence-electron chi connectivity index (χ1n) is 7.28. The van der Waals surface area contributed by atoms with E-state index in [1.54, 1.807) is 0 Å². The average molecular weight is 238 g/mol. The van der Waals surface area contributed by atoms with Crippen molar-refractivity contribution in [2.24, 2.45) is 5.41 Å². The van der Waals surface area contributed by atoms with E-state index in [9.17, 15) is 4.79 Å². The summed E-state index contributed by atoms with van der Waals surface area (Å²) in [7, 11) is 0. The molecule has 1 aliphatic carbocycles. The van der Waals surface area contributed by atoms with Crippen LogP contribution < -0.4 is 10.6 Å². The van der Waals surface area contributed by atoms with E-state index < -0.39 is 0 Å². The molecule has 1 unspecified atom stereocenters. The second-order valence-electron chi connectivity index (χ2n) is 5.70. The van der Waals surface area contributed by atoms with Crippen molar-refractivity contribution in [1.29, 1.82) is 0 Å². The molecule has 0 spiro atoms. The molecule has 3 nitrogen and oxygen atoms in total. The fourth-order valence-electron chi connectivity index (χ4n) is 3.29. The molecule has 1 saturated heterocycles. The van der Waals surface area contributed by atoms with Crippen molar-refractivity contribution in [3.05, 3.63) is 0 Å². The Morgan fingerprint density at radius 3 is 2.65 bits per heavy atom. The van der Waals surface area contributed by atoms with Gasteiger partial charge in [0.2, 0.25) is 5.91 Å². The van der Waals surface area contributed by atoms with Crippen LogP contribution in [0.15, 0.2) is 0 Å². The highest BCUT2D eigenvalue weighted by Crippen LogP contribution is 2.41. The van der Waals surface area contributed by atoms with Crippen LogP contribution >= 0.6 is 0 Å². The number of nitrogens with one attached hydrogen (secondary N) is 2. The normalized spacial score (nSPS) is 27.9. The zero-order valence-corrected chi connectivity index (χ0v) is 11.1. The molecule has 0 aromatic heterocycles. The van der Waals surface area contributed by atoms with Crippen LogP contribution in [0.3, 0.4) is 0 Å². The number of amides is 1. The van der Waals surface area contributed by atoms with Gasteiger partial charge in [-0.15, -0.1) is 0 Å². The van der Waals surface area contributed by atoms with Crippen LogP contribution in [-0.2, 0) is 4.79 Å². The fraction of sp³-hybridized carbons (Fsp3) is 0.929. The van der Waals surface area contributed by atoms with Gasteiger partial charge in [-0.05, 0) is 38.6 Å². The van der Waals surface area contributed by atoms with Crippen LogP contribution in [0.4, 0.5) is 0 Å². The molecule has 0 radical (unpaired) electrons. The molecule has 0 bridgehead atoms. The van der Waals surface area contributed by atoms with Crippen molar-refractivity contribution in [2.75, 3.05) is 13.1 Å². The Morgan fingerprint density at radius 2 is 2.06 bits per heavy atom. The van der Waals surface area contributed by atoms with Gasteiger partial charge in [-0.3, -0.25) is 4.79 Å². The van der Waals surface area contributed by atoms with E-state index in [0.717, 1.165) is 32.4 Å². The van der Waals surface area contributed by atoms with Crippen LogP contribution in [-0.4, -0.2) is 25.0 Å². The Balaban J connectivity index is 1.79. The van der Waals surface area contributed by atoms with Crippen LogP contribution in [0.5, 0.6) is 0 Å². The monoisotopic (exact) mass is 238 g/mol. The average Bonchev–Trinajstić information content (AvgIpc) is 2.87. The first-order chi connectivity index (χ1) is 8.27. The van der Waals surface area contributed by atoms with E-state index in [4.69, 9.17) is 0 Å². The van der Waals surface area contributed by atoms with Gasteiger partial charge in [0.25, 0.3) is 0 Å². The number of carbonyl (C=O) groups excluding carboxylic acids is 1. The Labute approximate surface area is 105 Å². The Bertz CT molecular complexity index is 253. The van der Waals surface area contributed by atoms with Crippen LogP contribution in [0, 0.1) is 5.41 Å². The minimum Gasteiger partial charge on any atom is -0.354 e. The van der Waals surface area contributed by atoms with Crippen molar-refractivity contribution >= 4 is 5.91 Å². The largest absolute Gasteiger partial charge is 0.354 e. The lowest BCUT2D eigenvalue weighted by Gasteiger charge is -2.29. The summed E-state index contributed by atoms with van der Waals surface area (Å²) in [6.45, 7) is 4.09. The maximum absolute atomic E-state index is 12.3. The molecule has 17 heavy (non-hydrogen) atoms. The fourth-order valence-corrected chi connectivity index (χ4v) is 3.29. The van der Waals surface area contributed by atoms with Gasteiger partial charge in [0.1, 0.15) is 0 Å². The van der Waals surface area contributed by atoms with Gasteiger partial charge in [0.05, 0.1) is 0 Å². The molecular formula is C14H26N2O. The minimum absolute atomic E-state index is 0.0331. The first kappa shape index (κ1) is 12.9. The van der Waals surface area contributed by atoms with E-state index in [1.807, 2.05) is 0 Å². The van der Waals surface area contributed by atoms with Gasteiger partial charge in [-0.2, -0.15) is 0 Å². The number of hydrogen-bond acceptors (Lipinski definition) is 2. The van der Waals surface area contributed by atoms with E-state index in [1.165, 1.54) is 32.1 Å². The molecule has 0 aromatic carbocycles. The SMILES string of the molecule is CCC1(C(=O)NCC2CCCCN2)CCCC1. The van der Waals surface area contributed by atoms with Crippen molar-refractivity contribution in [3.8, 4) is 0 Å². The van der Waals surface area contributed by atoms with Crippen LogP contribution in [0.1, 0.15) is 58.3 Å². The van der Waals surface area contributed by atoms with Gasteiger partial charge >= 0.3 is 0 Å². The summed E-state index contributed by atoms with van der Waals surface area (Å²) in [5, 5.41) is 6.67. The third-order valence-corrected chi connectivity index (χ3v) is 4.64. The quantitative estimate of drug-likeness (QED) is 0.788. The molecule has 3 heteroatoms. The zero-order valence-electron chi connectivity index (χ0n) is 11.1. The lowest BCUT2D eigenvalue weighted by atomic mass is 9.82. The van der Waals surface area contributed by atoms with Gasteiger partial charge in [0.15, 0.2) is 0 Å². The number of piperidine rings is 1. The van der Waals surface area contributed by atoms with E-state index >= 15 is 0 Å². The topological polar surface area (TPSA) is 41.1 Å². The lowest BCUT2D eigenvalue weighted by Crippen LogP contribution is -2.47. The van der Waals surface area contributed by atoms with Gasteiger partial charge in [-0.25, -0.2) is 0 Å². The maximum Gasteiger partial charge on any atom is 0.226 e. The molecule has 1 atom stereocenters. The molecule has 2 fully saturated rings. The smallest absolute Gasteiger partial charge is 0.226 e. The number of rotatable bonds is 4. The summed E-state index contributed by atoms with van der Waals surface area (Å²) in [4.78, 5) is 12.3.